The van der Waals surface area contributed by atoms with Crippen molar-refractivity contribution in [3.8, 4) is 28.4 Å². The number of nitrogens with two attached hydrogens (primary N) is 1. The van der Waals surface area contributed by atoms with E-state index in [1.54, 1.807) is 38.4 Å². The summed E-state index contributed by atoms with van der Waals surface area (Å²) in [6.45, 7) is 2.03. The summed E-state index contributed by atoms with van der Waals surface area (Å²) < 4.78 is 36.4. The highest BCUT2D eigenvalue weighted by Crippen LogP contribution is 2.40. The SMILES string of the molecule is COc1ccc(CNc2nccc(-c3[nH]c(C4(C(N)=O)OCC(C)(C(=O)OCC5CC5)CO4)nc3-c3ccc(F)cc3)n2)cc1. The van der Waals surface area contributed by atoms with Gasteiger partial charge in [-0.05, 0) is 73.7 Å². The number of primary amides is 1. The highest BCUT2D eigenvalue weighted by atomic mass is 19.1. The van der Waals surface area contributed by atoms with Crippen molar-refractivity contribution in [2.24, 2.45) is 17.1 Å². The quantitative estimate of drug-likeness (QED) is 0.210. The van der Waals surface area contributed by atoms with Crippen molar-refractivity contribution in [2.75, 3.05) is 32.2 Å². The van der Waals surface area contributed by atoms with E-state index in [2.05, 4.69) is 25.3 Å². The van der Waals surface area contributed by atoms with Crippen molar-refractivity contribution in [1.82, 2.24) is 19.9 Å². The molecule has 1 saturated carbocycles. The molecule has 4 aromatic rings. The zero-order valence-corrected chi connectivity index (χ0v) is 24.8. The predicted octanol–water partition coefficient (Wildman–Crippen LogP) is 3.94. The monoisotopic (exact) mass is 616 g/mol. The van der Waals surface area contributed by atoms with Gasteiger partial charge in [0.1, 0.15) is 17.0 Å². The molecule has 4 N–H and O–H groups in total. The number of esters is 1. The standard InChI is InChI=1S/C32H33FN6O6/c1-31(29(41)43-16-20-3-4-20)17-44-32(27(34)40,45-18-31)28-38-25(21-7-9-22(33)10-8-21)26(39-28)24-13-14-35-30(37-24)36-15-19-5-11-23(42-2)12-6-19/h5-14,20H,3-4,15-18H2,1-2H3,(H2,34,40)(H,38,39)(H,35,36,37). The van der Waals surface area contributed by atoms with Crippen LogP contribution in [-0.2, 0) is 36.1 Å². The average Bonchev–Trinajstić information content (AvgIpc) is 3.79. The van der Waals surface area contributed by atoms with Gasteiger partial charge >= 0.3 is 11.8 Å². The average molecular weight is 617 g/mol. The summed E-state index contributed by atoms with van der Waals surface area (Å²) in [5, 5.41) is 3.20. The minimum atomic E-state index is -2.13. The number of aromatic amines is 1. The second kappa shape index (κ2) is 12.3. The van der Waals surface area contributed by atoms with E-state index in [-0.39, 0.29) is 19.0 Å². The van der Waals surface area contributed by atoms with Crippen LogP contribution in [0.15, 0.2) is 60.8 Å². The Morgan fingerprint density at radius 2 is 1.78 bits per heavy atom. The molecule has 0 spiro atoms. The lowest BCUT2D eigenvalue weighted by Gasteiger charge is -2.40. The van der Waals surface area contributed by atoms with Gasteiger partial charge in [-0.1, -0.05) is 12.1 Å². The summed E-state index contributed by atoms with van der Waals surface area (Å²) in [6.07, 6.45) is 3.64. The number of H-pyrrole nitrogens is 1. The van der Waals surface area contributed by atoms with Gasteiger partial charge in [-0.15, -0.1) is 0 Å². The van der Waals surface area contributed by atoms with Crippen molar-refractivity contribution in [1.29, 1.82) is 0 Å². The van der Waals surface area contributed by atoms with Gasteiger partial charge in [-0.2, -0.15) is 0 Å². The fourth-order valence-corrected chi connectivity index (χ4v) is 4.81. The maximum Gasteiger partial charge on any atom is 0.316 e. The van der Waals surface area contributed by atoms with Crippen LogP contribution in [0.3, 0.4) is 0 Å². The molecule has 2 fully saturated rings. The molecule has 0 atom stereocenters. The van der Waals surface area contributed by atoms with Gasteiger partial charge in [-0.25, -0.2) is 19.3 Å². The van der Waals surface area contributed by atoms with E-state index in [9.17, 15) is 14.0 Å². The minimum Gasteiger partial charge on any atom is -0.497 e. The van der Waals surface area contributed by atoms with Crippen LogP contribution in [0.4, 0.5) is 10.3 Å². The second-order valence-electron chi connectivity index (χ2n) is 11.4. The summed E-state index contributed by atoms with van der Waals surface area (Å²) >= 11 is 0. The third kappa shape index (κ3) is 6.35. The van der Waals surface area contributed by atoms with E-state index >= 15 is 0 Å². The van der Waals surface area contributed by atoms with Gasteiger partial charge in [0, 0.05) is 18.3 Å². The van der Waals surface area contributed by atoms with Crippen LogP contribution in [-0.4, -0.2) is 58.7 Å². The van der Waals surface area contributed by atoms with Crippen molar-refractivity contribution in [2.45, 2.75) is 32.1 Å². The maximum absolute atomic E-state index is 13.8. The molecule has 234 valence electrons. The Bertz CT molecular complexity index is 1680. The molecule has 12 nitrogen and oxygen atoms in total. The molecule has 0 unspecified atom stereocenters. The second-order valence-corrected chi connectivity index (χ2v) is 11.4. The highest BCUT2D eigenvalue weighted by molar-refractivity contribution is 5.85. The van der Waals surface area contributed by atoms with Gasteiger partial charge in [-0.3, -0.25) is 9.59 Å². The Hall–Kier alpha value is -4.88. The summed E-state index contributed by atoms with van der Waals surface area (Å²) in [5.41, 5.74) is 7.35. The zero-order chi connectivity index (χ0) is 31.6. The van der Waals surface area contributed by atoms with Crippen molar-refractivity contribution in [3.05, 3.63) is 78.0 Å². The Morgan fingerprint density at radius 3 is 2.42 bits per heavy atom. The molecule has 2 aliphatic rings. The number of hydrogen-bond acceptors (Lipinski definition) is 10. The topological polar surface area (TPSA) is 164 Å². The number of nitrogens with one attached hydrogen (secondary N) is 2. The van der Waals surface area contributed by atoms with E-state index in [0.29, 0.717) is 47.7 Å². The number of ether oxygens (including phenoxy) is 4. The summed E-state index contributed by atoms with van der Waals surface area (Å²) in [4.78, 5) is 42.6. The number of nitrogens with zero attached hydrogens (tertiary/aromatic N) is 3. The molecule has 3 heterocycles. The number of halogens is 1. The maximum atomic E-state index is 13.8. The normalized spacial score (nSPS) is 21.2. The third-order valence-electron chi connectivity index (χ3n) is 7.81. The fraction of sp³-hybridized carbons (Fsp3) is 0.344. The molecular formula is C32H33FN6O6. The molecule has 1 saturated heterocycles. The van der Waals surface area contributed by atoms with Crippen LogP contribution in [0.5, 0.6) is 5.75 Å². The number of amides is 1. The summed E-state index contributed by atoms with van der Waals surface area (Å²) in [5.74, 6) is -2.59. The van der Waals surface area contributed by atoms with E-state index in [0.717, 1.165) is 24.2 Å². The van der Waals surface area contributed by atoms with Gasteiger partial charge < -0.3 is 35.0 Å². The molecule has 2 aromatic heterocycles. The Kier molecular flexibility index (Phi) is 8.21. The molecule has 1 amide bonds. The van der Waals surface area contributed by atoms with E-state index < -0.39 is 28.9 Å². The number of rotatable bonds is 11. The smallest absolute Gasteiger partial charge is 0.316 e. The largest absolute Gasteiger partial charge is 0.497 e. The van der Waals surface area contributed by atoms with Crippen LogP contribution in [0.25, 0.3) is 22.6 Å². The number of aromatic nitrogens is 4. The van der Waals surface area contributed by atoms with Crippen LogP contribution in [0.2, 0.25) is 0 Å². The zero-order valence-electron chi connectivity index (χ0n) is 24.8. The molecule has 0 bridgehead atoms. The molecule has 1 aliphatic carbocycles. The first-order chi connectivity index (χ1) is 21.7. The van der Waals surface area contributed by atoms with Crippen LogP contribution < -0.4 is 15.8 Å². The fourth-order valence-electron chi connectivity index (χ4n) is 4.81. The van der Waals surface area contributed by atoms with Crippen molar-refractivity contribution < 1.29 is 32.9 Å². The molecule has 2 aromatic carbocycles. The number of carbonyl (C=O) groups is 2. The number of imidazole rings is 1. The van der Waals surface area contributed by atoms with E-state index in [4.69, 9.17) is 24.7 Å². The minimum absolute atomic E-state index is 0.0518. The number of carbonyl (C=O) groups excluding carboxylic acids is 2. The first-order valence-electron chi connectivity index (χ1n) is 14.5. The molecule has 6 rings (SSSR count). The van der Waals surface area contributed by atoms with Crippen LogP contribution >= 0.6 is 0 Å². The molecule has 0 radical (unpaired) electrons. The summed E-state index contributed by atoms with van der Waals surface area (Å²) in [6, 6.07) is 14.9. The van der Waals surface area contributed by atoms with E-state index in [1.165, 1.54) is 12.1 Å². The van der Waals surface area contributed by atoms with Crippen LogP contribution in [0, 0.1) is 17.2 Å². The van der Waals surface area contributed by atoms with Gasteiger partial charge in [0.15, 0.2) is 5.82 Å². The lowest BCUT2D eigenvalue weighted by molar-refractivity contribution is -0.293. The van der Waals surface area contributed by atoms with Crippen molar-refractivity contribution >= 4 is 17.8 Å². The van der Waals surface area contributed by atoms with Gasteiger partial charge in [0.25, 0.3) is 5.91 Å². The highest BCUT2D eigenvalue weighted by Gasteiger charge is 2.54. The number of anilines is 1. The number of hydrogen-bond donors (Lipinski definition) is 3. The molecule has 1 aliphatic heterocycles. The first kappa shape index (κ1) is 30.2. The summed E-state index contributed by atoms with van der Waals surface area (Å²) in [7, 11) is 1.61. The van der Waals surface area contributed by atoms with Gasteiger partial charge in [0.05, 0.1) is 44.0 Å². The lowest BCUT2D eigenvalue weighted by atomic mass is 9.91. The Balaban J connectivity index is 1.30. The molecular weight excluding hydrogens is 583 g/mol. The Labute approximate surface area is 258 Å². The van der Waals surface area contributed by atoms with Crippen LogP contribution in [0.1, 0.15) is 31.2 Å². The van der Waals surface area contributed by atoms with Crippen molar-refractivity contribution in [3.63, 3.8) is 0 Å². The third-order valence-corrected chi connectivity index (χ3v) is 7.81. The molecule has 13 heteroatoms. The number of benzene rings is 2. The van der Waals surface area contributed by atoms with Gasteiger partial charge in [0.2, 0.25) is 5.95 Å². The first-order valence-corrected chi connectivity index (χ1v) is 14.5. The number of methoxy groups -OCH3 is 1. The van der Waals surface area contributed by atoms with E-state index in [1.807, 2.05) is 24.3 Å². The molecule has 45 heavy (non-hydrogen) atoms. The predicted molar refractivity (Wildman–Crippen MR) is 160 cm³/mol. The Morgan fingerprint density at radius 1 is 1.07 bits per heavy atom. The lowest BCUT2D eigenvalue weighted by Crippen LogP contribution is -2.56.